The molecule has 0 bridgehead atoms. The van der Waals surface area contributed by atoms with Crippen LogP contribution in [0.4, 0.5) is 5.95 Å². The smallest absolute Gasteiger partial charge is 0.244 e. The third kappa shape index (κ3) is 3.27. The van der Waals surface area contributed by atoms with E-state index in [1.807, 2.05) is 0 Å². The van der Waals surface area contributed by atoms with E-state index in [2.05, 4.69) is 24.7 Å². The van der Waals surface area contributed by atoms with Gasteiger partial charge in [-0.2, -0.15) is 5.10 Å². The van der Waals surface area contributed by atoms with Gasteiger partial charge in [0.1, 0.15) is 4.90 Å². The van der Waals surface area contributed by atoms with Gasteiger partial charge in [0.05, 0.1) is 23.6 Å². The number of hydrogen-bond donors (Lipinski definition) is 1. The molecule has 2 aromatic heterocycles. The number of aryl methyl sites for hydroxylation is 2. The molecule has 1 aliphatic heterocycles. The van der Waals surface area contributed by atoms with E-state index in [0.29, 0.717) is 23.0 Å². The number of anilines is 1. The third-order valence-corrected chi connectivity index (χ3v) is 5.90. The van der Waals surface area contributed by atoms with Crippen LogP contribution in [-0.4, -0.2) is 41.3 Å². The molecule has 1 fully saturated rings. The van der Waals surface area contributed by atoms with Crippen molar-refractivity contribution in [3.8, 4) is 0 Å². The van der Waals surface area contributed by atoms with Gasteiger partial charge in [-0.3, -0.25) is 4.68 Å². The van der Waals surface area contributed by atoms with Gasteiger partial charge in [-0.15, -0.1) is 0 Å². The molecular weight excluding hydrogens is 328 g/mol. The van der Waals surface area contributed by atoms with Crippen molar-refractivity contribution in [1.29, 1.82) is 0 Å². The second-order valence-corrected chi connectivity index (χ2v) is 7.69. The van der Waals surface area contributed by atoms with E-state index < -0.39 is 10.0 Å². The lowest BCUT2D eigenvalue weighted by atomic mass is 10.4. The van der Waals surface area contributed by atoms with E-state index in [9.17, 15) is 8.42 Å². The highest BCUT2D eigenvalue weighted by atomic mass is 32.2. The standard InChI is InChI=1S/C15H22N6O2S/c1-11-14(12(2)20(3)19-11)24(22,23)17-10-13-6-7-16-15(18-13)21-8-4-5-9-21/h6-7,17H,4-5,8-10H2,1-3H3. The Kier molecular flexibility index (Phi) is 4.55. The second-order valence-electron chi connectivity index (χ2n) is 5.99. The number of nitrogens with zero attached hydrogens (tertiary/aromatic N) is 5. The van der Waals surface area contributed by atoms with E-state index in [1.165, 1.54) is 0 Å². The number of rotatable bonds is 5. The summed E-state index contributed by atoms with van der Waals surface area (Å²) in [4.78, 5) is 11.1. The van der Waals surface area contributed by atoms with Gasteiger partial charge in [0.15, 0.2) is 0 Å². The molecule has 0 amide bonds. The first kappa shape index (κ1) is 16.8. The fourth-order valence-electron chi connectivity index (χ4n) is 2.94. The molecule has 9 heteroatoms. The van der Waals surface area contributed by atoms with Gasteiger partial charge in [0, 0.05) is 26.3 Å². The molecular formula is C15H22N6O2S. The molecule has 3 heterocycles. The first-order valence-corrected chi connectivity index (χ1v) is 9.43. The zero-order valence-electron chi connectivity index (χ0n) is 14.2. The minimum Gasteiger partial charge on any atom is -0.341 e. The van der Waals surface area contributed by atoms with Crippen molar-refractivity contribution in [2.75, 3.05) is 18.0 Å². The highest BCUT2D eigenvalue weighted by Gasteiger charge is 2.23. The lowest BCUT2D eigenvalue weighted by Gasteiger charge is -2.15. The Labute approximate surface area is 142 Å². The molecule has 3 rings (SSSR count). The summed E-state index contributed by atoms with van der Waals surface area (Å²) in [6, 6.07) is 1.73. The van der Waals surface area contributed by atoms with Crippen LogP contribution in [0.2, 0.25) is 0 Å². The lowest BCUT2D eigenvalue weighted by molar-refractivity contribution is 0.578. The Balaban J connectivity index is 1.76. The number of sulfonamides is 1. The van der Waals surface area contributed by atoms with Crippen molar-refractivity contribution >= 4 is 16.0 Å². The summed E-state index contributed by atoms with van der Waals surface area (Å²) in [6.07, 6.45) is 3.95. The van der Waals surface area contributed by atoms with Crippen molar-refractivity contribution in [2.24, 2.45) is 7.05 Å². The van der Waals surface area contributed by atoms with Crippen LogP contribution < -0.4 is 9.62 Å². The van der Waals surface area contributed by atoms with Gasteiger partial charge < -0.3 is 4.90 Å². The Morgan fingerprint density at radius 1 is 1.25 bits per heavy atom. The zero-order valence-corrected chi connectivity index (χ0v) is 15.0. The SMILES string of the molecule is Cc1nn(C)c(C)c1S(=O)(=O)NCc1ccnc(N2CCCC2)n1. The van der Waals surface area contributed by atoms with E-state index in [1.54, 1.807) is 37.8 Å². The van der Waals surface area contributed by atoms with Crippen molar-refractivity contribution in [2.45, 2.75) is 38.1 Å². The number of hydrogen-bond acceptors (Lipinski definition) is 6. The van der Waals surface area contributed by atoms with Crippen LogP contribution in [0, 0.1) is 13.8 Å². The minimum absolute atomic E-state index is 0.124. The molecule has 0 aliphatic carbocycles. The summed E-state index contributed by atoms with van der Waals surface area (Å²) in [7, 11) is -1.91. The van der Waals surface area contributed by atoms with E-state index in [4.69, 9.17) is 0 Å². The molecule has 8 nitrogen and oxygen atoms in total. The Hall–Kier alpha value is -2.00. The van der Waals surface area contributed by atoms with Crippen molar-refractivity contribution in [1.82, 2.24) is 24.5 Å². The quantitative estimate of drug-likeness (QED) is 0.861. The normalized spacial score (nSPS) is 15.2. The summed E-state index contributed by atoms with van der Waals surface area (Å²) in [5, 5.41) is 4.16. The number of aromatic nitrogens is 4. The molecule has 1 N–H and O–H groups in total. The molecule has 24 heavy (non-hydrogen) atoms. The summed E-state index contributed by atoms with van der Waals surface area (Å²) in [5.41, 5.74) is 1.75. The molecule has 0 radical (unpaired) electrons. The molecule has 0 aromatic carbocycles. The molecule has 0 atom stereocenters. The van der Waals surface area contributed by atoms with Crippen molar-refractivity contribution < 1.29 is 8.42 Å². The molecule has 1 aliphatic rings. The zero-order chi connectivity index (χ0) is 17.3. The van der Waals surface area contributed by atoms with Crippen LogP contribution in [0.25, 0.3) is 0 Å². The van der Waals surface area contributed by atoms with Gasteiger partial charge in [0.2, 0.25) is 16.0 Å². The molecule has 2 aromatic rings. The topological polar surface area (TPSA) is 93.0 Å². The van der Waals surface area contributed by atoms with Crippen LogP contribution in [-0.2, 0) is 23.6 Å². The third-order valence-electron chi connectivity index (χ3n) is 4.24. The minimum atomic E-state index is -3.64. The molecule has 0 saturated carbocycles. The average molecular weight is 350 g/mol. The monoisotopic (exact) mass is 350 g/mol. The van der Waals surface area contributed by atoms with E-state index in [-0.39, 0.29) is 11.4 Å². The first-order chi connectivity index (χ1) is 11.4. The van der Waals surface area contributed by atoms with Gasteiger partial charge >= 0.3 is 0 Å². The van der Waals surface area contributed by atoms with E-state index in [0.717, 1.165) is 25.9 Å². The maximum absolute atomic E-state index is 12.6. The maximum atomic E-state index is 12.6. The van der Waals surface area contributed by atoms with Crippen molar-refractivity contribution in [3.63, 3.8) is 0 Å². The Morgan fingerprint density at radius 3 is 2.58 bits per heavy atom. The van der Waals surface area contributed by atoms with Gasteiger partial charge in [-0.05, 0) is 32.8 Å². The van der Waals surface area contributed by atoms with Crippen LogP contribution >= 0.6 is 0 Å². The van der Waals surface area contributed by atoms with Gasteiger partial charge in [-0.1, -0.05) is 0 Å². The Morgan fingerprint density at radius 2 is 1.96 bits per heavy atom. The number of nitrogens with one attached hydrogen (secondary N) is 1. The summed E-state index contributed by atoms with van der Waals surface area (Å²) >= 11 is 0. The van der Waals surface area contributed by atoms with Crippen LogP contribution in [0.5, 0.6) is 0 Å². The Bertz CT molecular complexity index is 840. The predicted octanol–water partition coefficient (Wildman–Crippen LogP) is 0.906. The fraction of sp³-hybridized carbons (Fsp3) is 0.533. The highest BCUT2D eigenvalue weighted by molar-refractivity contribution is 7.89. The molecule has 1 saturated heterocycles. The summed E-state index contributed by atoms with van der Waals surface area (Å²) < 4.78 is 29.4. The van der Waals surface area contributed by atoms with E-state index >= 15 is 0 Å². The van der Waals surface area contributed by atoms with Crippen LogP contribution in [0.1, 0.15) is 29.9 Å². The average Bonchev–Trinajstić information content (AvgIpc) is 3.15. The van der Waals surface area contributed by atoms with Crippen LogP contribution in [0.15, 0.2) is 17.2 Å². The summed E-state index contributed by atoms with van der Waals surface area (Å²) in [5.74, 6) is 0.665. The largest absolute Gasteiger partial charge is 0.341 e. The molecule has 130 valence electrons. The molecule has 0 spiro atoms. The van der Waals surface area contributed by atoms with Gasteiger partial charge in [0.25, 0.3) is 0 Å². The maximum Gasteiger partial charge on any atom is 0.244 e. The first-order valence-electron chi connectivity index (χ1n) is 7.95. The highest BCUT2D eigenvalue weighted by Crippen LogP contribution is 2.19. The lowest BCUT2D eigenvalue weighted by Crippen LogP contribution is -2.26. The van der Waals surface area contributed by atoms with Gasteiger partial charge in [-0.25, -0.2) is 23.1 Å². The summed E-state index contributed by atoms with van der Waals surface area (Å²) in [6.45, 7) is 5.45. The van der Waals surface area contributed by atoms with Crippen LogP contribution in [0.3, 0.4) is 0 Å². The van der Waals surface area contributed by atoms with Crippen molar-refractivity contribution in [3.05, 3.63) is 29.3 Å². The fourth-order valence-corrected chi connectivity index (χ4v) is 4.37. The molecule has 0 unspecified atom stereocenters. The predicted molar refractivity (Wildman–Crippen MR) is 90.2 cm³/mol. The second kappa shape index (κ2) is 6.48.